The van der Waals surface area contributed by atoms with E-state index in [0.717, 1.165) is 23.4 Å². The van der Waals surface area contributed by atoms with E-state index in [4.69, 9.17) is 14.3 Å². The molecule has 0 bridgehead atoms. The van der Waals surface area contributed by atoms with Gasteiger partial charge in [0.05, 0.1) is 18.7 Å². The second-order valence-corrected chi connectivity index (χ2v) is 4.77. The molecular weight excluding hydrogens is 306 g/mol. The van der Waals surface area contributed by atoms with Crippen LogP contribution < -0.4 is 4.74 Å². The van der Waals surface area contributed by atoms with Gasteiger partial charge >= 0.3 is 5.97 Å². The summed E-state index contributed by atoms with van der Waals surface area (Å²) in [4.78, 5) is 15.0. The van der Waals surface area contributed by atoms with Crippen LogP contribution in [0.2, 0.25) is 0 Å². The number of aromatic nitrogens is 1. The number of oxazole rings is 1. The summed E-state index contributed by atoms with van der Waals surface area (Å²) < 4.78 is 11.2. The number of nitrogens with zero attached hydrogens (tertiary/aromatic N) is 1. The molecule has 134 valence electrons. The first kappa shape index (κ1) is 21.7. The van der Waals surface area contributed by atoms with Crippen LogP contribution in [0.4, 0.5) is 0 Å². The van der Waals surface area contributed by atoms with Gasteiger partial charge in [0.1, 0.15) is 11.5 Å². The minimum absolute atomic E-state index is 0. The molecule has 0 spiro atoms. The average molecular weight is 335 g/mol. The van der Waals surface area contributed by atoms with Crippen molar-refractivity contribution in [3.05, 3.63) is 47.2 Å². The molecule has 2 aromatic rings. The predicted octanol–water partition coefficient (Wildman–Crippen LogP) is 4.46. The van der Waals surface area contributed by atoms with Gasteiger partial charge in [-0.05, 0) is 17.7 Å². The molecule has 0 saturated carbocycles. The first-order chi connectivity index (χ1) is 11.1. The van der Waals surface area contributed by atoms with Crippen LogP contribution in [-0.2, 0) is 24.1 Å². The van der Waals surface area contributed by atoms with Gasteiger partial charge in [-0.2, -0.15) is 0 Å². The van der Waals surface area contributed by atoms with Gasteiger partial charge in [-0.1, -0.05) is 40.3 Å². The molecule has 0 unspecified atom stereocenters. The molecule has 1 heterocycles. The minimum atomic E-state index is -0.849. The van der Waals surface area contributed by atoms with Gasteiger partial charge in [0.15, 0.2) is 5.89 Å². The third kappa shape index (κ3) is 6.86. The summed E-state index contributed by atoms with van der Waals surface area (Å²) in [6, 6.07) is 7.14. The van der Waals surface area contributed by atoms with Crippen LogP contribution in [0.3, 0.4) is 0 Å². The maximum absolute atomic E-state index is 10.7. The number of benzene rings is 1. The van der Waals surface area contributed by atoms with Gasteiger partial charge < -0.3 is 14.3 Å². The lowest BCUT2D eigenvalue weighted by Crippen LogP contribution is -2.04. The van der Waals surface area contributed by atoms with Crippen LogP contribution in [0.5, 0.6) is 5.75 Å². The van der Waals surface area contributed by atoms with Crippen molar-refractivity contribution in [2.45, 2.75) is 54.4 Å². The molecule has 0 aliphatic carbocycles. The molecular formula is C19H29NO4. The number of carboxylic acids is 1. The summed E-state index contributed by atoms with van der Waals surface area (Å²) in [5.41, 5.74) is 1.66. The van der Waals surface area contributed by atoms with E-state index in [1.54, 1.807) is 18.2 Å². The number of ether oxygens (including phenoxy) is 1. The molecule has 24 heavy (non-hydrogen) atoms. The number of rotatable bonds is 7. The molecule has 1 aromatic heterocycles. The van der Waals surface area contributed by atoms with Crippen molar-refractivity contribution in [3.63, 3.8) is 0 Å². The Morgan fingerprint density at radius 3 is 2.67 bits per heavy atom. The van der Waals surface area contributed by atoms with Gasteiger partial charge in [-0.3, -0.25) is 4.79 Å². The maximum Gasteiger partial charge on any atom is 0.307 e. The van der Waals surface area contributed by atoms with Gasteiger partial charge in [0.2, 0.25) is 0 Å². The molecule has 1 aromatic carbocycles. The summed E-state index contributed by atoms with van der Waals surface area (Å²) >= 11 is 0. The number of carboxylic acid groups (broad SMARTS) is 1. The maximum atomic E-state index is 10.7. The Balaban J connectivity index is 0.00000170. The van der Waals surface area contributed by atoms with E-state index in [2.05, 4.69) is 4.98 Å². The highest BCUT2D eigenvalue weighted by Crippen LogP contribution is 2.16. The van der Waals surface area contributed by atoms with Gasteiger partial charge in [-0.15, -0.1) is 0 Å². The topological polar surface area (TPSA) is 72.6 Å². The number of hydrogen-bond donors (Lipinski definition) is 1. The fraction of sp³-hybridized carbons (Fsp3) is 0.474. The molecule has 0 aliphatic heterocycles. The fourth-order valence-electron chi connectivity index (χ4n) is 2.17. The van der Waals surface area contributed by atoms with E-state index in [1.807, 2.05) is 33.8 Å². The lowest BCUT2D eigenvalue weighted by Gasteiger charge is -2.07. The second-order valence-electron chi connectivity index (χ2n) is 4.77. The van der Waals surface area contributed by atoms with E-state index in [1.165, 1.54) is 0 Å². The zero-order valence-corrected chi connectivity index (χ0v) is 14.3. The zero-order valence-electron chi connectivity index (χ0n) is 14.3. The molecule has 5 heteroatoms. The molecule has 0 radical (unpaired) electrons. The van der Waals surface area contributed by atoms with E-state index in [0.29, 0.717) is 24.7 Å². The molecule has 0 saturated heterocycles. The Kier molecular flexibility index (Phi) is 10.2. The first-order valence-electron chi connectivity index (χ1n) is 7.97. The molecule has 0 atom stereocenters. The van der Waals surface area contributed by atoms with Crippen LogP contribution in [0.15, 0.2) is 28.7 Å². The van der Waals surface area contributed by atoms with Crippen LogP contribution >= 0.6 is 0 Å². The summed E-state index contributed by atoms with van der Waals surface area (Å²) in [7, 11) is 0. The molecule has 2 rings (SSSR count). The van der Waals surface area contributed by atoms with Gasteiger partial charge in [0, 0.05) is 19.8 Å². The third-order valence-electron chi connectivity index (χ3n) is 3.07. The standard InChI is InChI=1S/C16H19NO4.C2H6.CH4/c1-3-15-14(17-11(2)21-15)7-8-20-13-6-4-5-12(9-13)10-16(18)19;1-2;/h4-6,9H,3,7-8,10H2,1-2H3,(H,18,19);1-2H3;1H4. The minimum Gasteiger partial charge on any atom is -0.493 e. The smallest absolute Gasteiger partial charge is 0.307 e. The Bertz CT molecular complexity index is 620. The average Bonchev–Trinajstić information content (AvgIpc) is 2.89. The zero-order chi connectivity index (χ0) is 17.2. The summed E-state index contributed by atoms with van der Waals surface area (Å²) in [5, 5.41) is 8.78. The lowest BCUT2D eigenvalue weighted by atomic mass is 10.1. The monoisotopic (exact) mass is 335 g/mol. The molecule has 1 N–H and O–H groups in total. The van der Waals surface area contributed by atoms with Crippen molar-refractivity contribution in [2.75, 3.05) is 6.61 Å². The number of aliphatic carboxylic acids is 1. The summed E-state index contributed by atoms with van der Waals surface area (Å²) in [5.74, 6) is 1.39. The third-order valence-corrected chi connectivity index (χ3v) is 3.07. The summed E-state index contributed by atoms with van der Waals surface area (Å²) in [6.07, 6.45) is 1.48. The highest BCUT2D eigenvalue weighted by Gasteiger charge is 2.09. The van der Waals surface area contributed by atoms with Crippen LogP contribution in [0, 0.1) is 6.92 Å². The number of hydrogen-bond acceptors (Lipinski definition) is 4. The summed E-state index contributed by atoms with van der Waals surface area (Å²) in [6.45, 7) is 8.34. The number of aryl methyl sites for hydroxylation is 2. The van der Waals surface area contributed by atoms with Crippen LogP contribution in [-0.4, -0.2) is 22.7 Å². The van der Waals surface area contributed by atoms with E-state index >= 15 is 0 Å². The largest absolute Gasteiger partial charge is 0.493 e. The second kappa shape index (κ2) is 11.3. The fourth-order valence-corrected chi connectivity index (χ4v) is 2.17. The molecule has 0 amide bonds. The van der Waals surface area contributed by atoms with Crippen molar-refractivity contribution in [2.24, 2.45) is 0 Å². The molecule has 5 nitrogen and oxygen atoms in total. The van der Waals surface area contributed by atoms with Gasteiger partial charge in [-0.25, -0.2) is 4.98 Å². The molecule has 0 fully saturated rings. The van der Waals surface area contributed by atoms with Crippen molar-refractivity contribution < 1.29 is 19.1 Å². The highest BCUT2D eigenvalue weighted by molar-refractivity contribution is 5.70. The first-order valence-corrected chi connectivity index (χ1v) is 7.97. The SMILES string of the molecule is C.CC.CCc1oc(C)nc1CCOc1cccc(CC(=O)O)c1. The predicted molar refractivity (Wildman–Crippen MR) is 95.7 cm³/mol. The Morgan fingerprint density at radius 1 is 1.33 bits per heavy atom. The van der Waals surface area contributed by atoms with E-state index in [9.17, 15) is 4.79 Å². The van der Waals surface area contributed by atoms with Crippen molar-refractivity contribution in [3.8, 4) is 5.75 Å². The number of carbonyl (C=O) groups is 1. The Morgan fingerprint density at radius 2 is 2.04 bits per heavy atom. The van der Waals surface area contributed by atoms with Crippen LogP contribution in [0.25, 0.3) is 0 Å². The van der Waals surface area contributed by atoms with E-state index in [-0.39, 0.29) is 13.8 Å². The van der Waals surface area contributed by atoms with Crippen LogP contribution in [0.1, 0.15) is 51.1 Å². The lowest BCUT2D eigenvalue weighted by molar-refractivity contribution is -0.136. The normalized spacial score (nSPS) is 9.50. The van der Waals surface area contributed by atoms with E-state index < -0.39 is 5.97 Å². The quantitative estimate of drug-likeness (QED) is 0.809. The van der Waals surface area contributed by atoms with Gasteiger partial charge in [0.25, 0.3) is 0 Å². The van der Waals surface area contributed by atoms with Crippen molar-refractivity contribution in [1.82, 2.24) is 4.98 Å². The van der Waals surface area contributed by atoms with Crippen molar-refractivity contribution >= 4 is 5.97 Å². The Hall–Kier alpha value is -2.30. The van der Waals surface area contributed by atoms with Crippen molar-refractivity contribution in [1.29, 1.82) is 0 Å². The highest BCUT2D eigenvalue weighted by atomic mass is 16.5. The Labute approximate surface area is 144 Å². The molecule has 0 aliphatic rings.